The molecule has 0 spiro atoms. The molecular weight excluding hydrogens is 433 g/mol. The zero-order chi connectivity index (χ0) is 22.4. The fourth-order valence-electron chi connectivity index (χ4n) is 4.27. The molecule has 0 aliphatic carbocycles. The summed E-state index contributed by atoms with van der Waals surface area (Å²) in [4.78, 5) is 47.7. The number of nitrogens with one attached hydrogen (secondary N) is 1. The Morgan fingerprint density at radius 2 is 1.75 bits per heavy atom. The highest BCUT2D eigenvalue weighted by Crippen LogP contribution is 2.30. The van der Waals surface area contributed by atoms with Gasteiger partial charge in [-0.15, -0.1) is 11.3 Å². The molecule has 10 heteroatoms. The number of anilines is 1. The number of carbonyl (C=O) groups excluding carboxylic acids is 2. The van der Waals surface area contributed by atoms with Crippen LogP contribution in [0.4, 0.5) is 14.9 Å². The van der Waals surface area contributed by atoms with E-state index < -0.39 is 0 Å². The van der Waals surface area contributed by atoms with E-state index in [2.05, 4.69) is 10.3 Å². The second kappa shape index (κ2) is 8.01. The number of carbonyl (C=O) groups is 2. The van der Waals surface area contributed by atoms with Crippen molar-refractivity contribution in [1.29, 1.82) is 0 Å². The predicted octanol–water partition coefficient (Wildman–Crippen LogP) is 2.84. The Labute approximate surface area is 187 Å². The van der Waals surface area contributed by atoms with Crippen LogP contribution in [0.15, 0.2) is 29.1 Å². The fourth-order valence-corrected chi connectivity index (χ4v) is 5.43. The van der Waals surface area contributed by atoms with Gasteiger partial charge < -0.3 is 15.1 Å². The van der Waals surface area contributed by atoms with Crippen molar-refractivity contribution in [2.75, 3.05) is 31.5 Å². The minimum Gasteiger partial charge on any atom is -0.334 e. The lowest BCUT2D eigenvalue weighted by atomic mass is 10.2. The number of benzene rings is 1. The van der Waals surface area contributed by atoms with Gasteiger partial charge in [-0.1, -0.05) is 0 Å². The molecule has 4 heterocycles. The average Bonchev–Trinajstić information content (AvgIpc) is 3.40. The smallest absolute Gasteiger partial charge is 0.321 e. The molecule has 166 valence electrons. The summed E-state index contributed by atoms with van der Waals surface area (Å²) in [5.41, 5.74) is 1.14. The maximum atomic E-state index is 13.2. The lowest BCUT2D eigenvalue weighted by Crippen LogP contribution is -2.51. The number of hydrogen-bond acceptors (Lipinski definition) is 5. The van der Waals surface area contributed by atoms with E-state index in [1.165, 1.54) is 35.6 Å². The van der Waals surface area contributed by atoms with Crippen LogP contribution < -0.4 is 10.9 Å². The van der Waals surface area contributed by atoms with Crippen molar-refractivity contribution in [2.45, 2.75) is 26.3 Å². The molecule has 5 rings (SSSR count). The van der Waals surface area contributed by atoms with Crippen molar-refractivity contribution in [3.8, 4) is 0 Å². The van der Waals surface area contributed by atoms with Crippen molar-refractivity contribution >= 4 is 39.2 Å². The molecule has 0 bridgehead atoms. The van der Waals surface area contributed by atoms with Crippen LogP contribution in [0.1, 0.15) is 27.5 Å². The van der Waals surface area contributed by atoms with Crippen molar-refractivity contribution < 1.29 is 14.0 Å². The number of hydrogen-bond donors (Lipinski definition) is 1. The molecule has 2 aliphatic rings. The molecule has 1 saturated heterocycles. The van der Waals surface area contributed by atoms with Gasteiger partial charge in [0.1, 0.15) is 16.5 Å². The second-order valence-corrected chi connectivity index (χ2v) is 9.04. The molecule has 0 unspecified atom stereocenters. The van der Waals surface area contributed by atoms with Crippen molar-refractivity contribution in [3.05, 3.63) is 56.7 Å². The third-order valence-corrected chi connectivity index (χ3v) is 7.23. The number of nitrogens with zero attached hydrogens (tertiary/aromatic N) is 4. The average molecular weight is 456 g/mol. The van der Waals surface area contributed by atoms with Crippen LogP contribution in [0.2, 0.25) is 0 Å². The summed E-state index contributed by atoms with van der Waals surface area (Å²) in [6.45, 7) is 4.05. The number of piperazine rings is 1. The molecule has 2 aliphatic heterocycles. The maximum absolute atomic E-state index is 13.2. The summed E-state index contributed by atoms with van der Waals surface area (Å²) in [5.74, 6) is 0.298. The highest BCUT2D eigenvalue weighted by Gasteiger charge is 2.29. The molecule has 0 saturated carbocycles. The molecule has 3 amide bonds. The summed E-state index contributed by atoms with van der Waals surface area (Å²) in [6, 6.07) is 5.30. The standard InChI is InChI=1S/C22H22FN5O3S/c1-13-17-19(25-16-3-2-8-28(16)20(17)29)32-18(13)21(30)26-9-11-27(12-10-26)22(31)24-15-6-4-14(23)5-7-15/h4-7H,2-3,8-12H2,1H3,(H,24,31). The number of rotatable bonds is 2. The molecule has 1 N–H and O–H groups in total. The monoisotopic (exact) mass is 455 g/mol. The first kappa shape index (κ1) is 20.6. The second-order valence-electron chi connectivity index (χ2n) is 8.04. The highest BCUT2D eigenvalue weighted by molar-refractivity contribution is 7.20. The topological polar surface area (TPSA) is 87.5 Å². The van der Waals surface area contributed by atoms with Crippen LogP contribution in [0, 0.1) is 12.7 Å². The Hall–Kier alpha value is -3.27. The number of aromatic nitrogens is 2. The predicted molar refractivity (Wildman–Crippen MR) is 120 cm³/mol. The number of amides is 3. The molecule has 1 aromatic carbocycles. The Bertz CT molecular complexity index is 1280. The fraction of sp³-hybridized carbons (Fsp3) is 0.364. The van der Waals surface area contributed by atoms with Crippen LogP contribution >= 0.6 is 11.3 Å². The normalized spacial score (nSPS) is 15.8. The van der Waals surface area contributed by atoms with Gasteiger partial charge in [-0.3, -0.25) is 14.2 Å². The molecular formula is C22H22FN5O3S. The molecule has 1 fully saturated rings. The number of thiophene rings is 1. The maximum Gasteiger partial charge on any atom is 0.321 e. The van der Waals surface area contributed by atoms with E-state index in [0.29, 0.717) is 59.1 Å². The lowest BCUT2D eigenvalue weighted by Gasteiger charge is -2.34. The first-order chi connectivity index (χ1) is 15.4. The van der Waals surface area contributed by atoms with Gasteiger partial charge in [-0.2, -0.15) is 0 Å². The first-order valence-corrected chi connectivity index (χ1v) is 11.4. The van der Waals surface area contributed by atoms with E-state index >= 15 is 0 Å². The molecule has 0 atom stereocenters. The van der Waals surface area contributed by atoms with Crippen molar-refractivity contribution in [2.24, 2.45) is 0 Å². The molecule has 3 aromatic rings. The van der Waals surface area contributed by atoms with Crippen LogP contribution in [-0.2, 0) is 13.0 Å². The Morgan fingerprint density at radius 3 is 2.47 bits per heavy atom. The summed E-state index contributed by atoms with van der Waals surface area (Å²) < 4.78 is 14.8. The van der Waals surface area contributed by atoms with Crippen LogP contribution in [0.5, 0.6) is 0 Å². The minimum absolute atomic E-state index is 0.0578. The van der Waals surface area contributed by atoms with Gasteiger partial charge in [0.05, 0.1) is 10.3 Å². The van der Waals surface area contributed by atoms with Gasteiger partial charge in [0, 0.05) is 44.8 Å². The zero-order valence-electron chi connectivity index (χ0n) is 17.6. The Kier molecular flexibility index (Phi) is 5.16. The zero-order valence-corrected chi connectivity index (χ0v) is 18.4. The van der Waals surface area contributed by atoms with Gasteiger partial charge in [-0.05, 0) is 43.2 Å². The van der Waals surface area contributed by atoms with E-state index in [-0.39, 0.29) is 23.3 Å². The summed E-state index contributed by atoms with van der Waals surface area (Å²) >= 11 is 1.28. The highest BCUT2D eigenvalue weighted by atomic mass is 32.1. The van der Waals surface area contributed by atoms with E-state index in [1.807, 2.05) is 6.92 Å². The van der Waals surface area contributed by atoms with E-state index in [9.17, 15) is 18.8 Å². The van der Waals surface area contributed by atoms with Gasteiger partial charge in [-0.25, -0.2) is 14.2 Å². The number of halogens is 1. The summed E-state index contributed by atoms with van der Waals surface area (Å²) in [7, 11) is 0. The Morgan fingerprint density at radius 1 is 1.06 bits per heavy atom. The molecule has 2 aromatic heterocycles. The van der Waals surface area contributed by atoms with Crippen molar-refractivity contribution in [1.82, 2.24) is 19.4 Å². The van der Waals surface area contributed by atoms with E-state index in [1.54, 1.807) is 14.4 Å². The number of urea groups is 1. The van der Waals surface area contributed by atoms with Gasteiger partial charge >= 0.3 is 6.03 Å². The third kappa shape index (κ3) is 3.54. The van der Waals surface area contributed by atoms with Crippen LogP contribution in [0.3, 0.4) is 0 Å². The number of aryl methyl sites for hydroxylation is 2. The summed E-state index contributed by atoms with van der Waals surface area (Å²) in [6.07, 6.45) is 1.71. The van der Waals surface area contributed by atoms with Gasteiger partial charge in [0.2, 0.25) is 0 Å². The van der Waals surface area contributed by atoms with E-state index in [0.717, 1.165) is 18.7 Å². The Balaban J connectivity index is 1.28. The number of fused-ring (bicyclic) bond motifs is 2. The van der Waals surface area contributed by atoms with Gasteiger partial charge in [0.25, 0.3) is 11.5 Å². The largest absolute Gasteiger partial charge is 0.334 e. The van der Waals surface area contributed by atoms with Crippen molar-refractivity contribution in [3.63, 3.8) is 0 Å². The minimum atomic E-state index is -0.367. The molecule has 0 radical (unpaired) electrons. The first-order valence-electron chi connectivity index (χ1n) is 10.6. The van der Waals surface area contributed by atoms with E-state index in [4.69, 9.17) is 0 Å². The van der Waals surface area contributed by atoms with Crippen LogP contribution in [-0.4, -0.2) is 57.5 Å². The molecule has 32 heavy (non-hydrogen) atoms. The summed E-state index contributed by atoms with van der Waals surface area (Å²) in [5, 5.41) is 3.29. The quantitative estimate of drug-likeness (QED) is 0.644. The lowest BCUT2D eigenvalue weighted by molar-refractivity contribution is 0.0676. The molecule has 8 nitrogen and oxygen atoms in total. The van der Waals surface area contributed by atoms with Crippen LogP contribution in [0.25, 0.3) is 10.2 Å². The van der Waals surface area contributed by atoms with Gasteiger partial charge in [0.15, 0.2) is 0 Å². The SMILES string of the molecule is Cc1c(C(=O)N2CCN(C(=O)Nc3ccc(F)cc3)CC2)sc2nc3n(c(=O)c12)CCC3. The third-order valence-electron chi connectivity index (χ3n) is 6.06.